The summed E-state index contributed by atoms with van der Waals surface area (Å²) in [6.07, 6.45) is 2.14. The van der Waals surface area contributed by atoms with Crippen LogP contribution in [0.15, 0.2) is 47.5 Å². The first-order valence-electron chi connectivity index (χ1n) is 10.7. The van der Waals surface area contributed by atoms with E-state index in [2.05, 4.69) is 33.1 Å². The van der Waals surface area contributed by atoms with E-state index in [1.54, 1.807) is 7.11 Å². The first-order chi connectivity index (χ1) is 15.1. The van der Waals surface area contributed by atoms with E-state index in [0.717, 1.165) is 47.8 Å². The number of carbonyl (C=O) groups excluding carboxylic acids is 1. The Balaban J connectivity index is 0.00000363. The Morgan fingerprint density at radius 1 is 1.16 bits per heavy atom. The highest BCUT2D eigenvalue weighted by Gasteiger charge is 2.23. The van der Waals surface area contributed by atoms with Gasteiger partial charge in [-0.25, -0.2) is 4.99 Å². The maximum Gasteiger partial charge on any atom is 0.258 e. The lowest BCUT2D eigenvalue weighted by Gasteiger charge is -2.14. The van der Waals surface area contributed by atoms with Crippen LogP contribution in [0.2, 0.25) is 0 Å². The van der Waals surface area contributed by atoms with Crippen molar-refractivity contribution in [1.29, 1.82) is 0 Å². The quantitative estimate of drug-likeness (QED) is 0.239. The highest BCUT2D eigenvalue weighted by atomic mass is 127. The number of amides is 1. The van der Waals surface area contributed by atoms with Crippen molar-refractivity contribution in [2.75, 3.05) is 20.3 Å². The van der Waals surface area contributed by atoms with Crippen LogP contribution < -0.4 is 25.4 Å². The van der Waals surface area contributed by atoms with Crippen LogP contribution in [0.1, 0.15) is 36.5 Å². The average Bonchev–Trinajstić information content (AvgIpc) is 3.59. The van der Waals surface area contributed by atoms with E-state index in [1.807, 2.05) is 44.2 Å². The third-order valence-corrected chi connectivity index (χ3v) is 4.86. The zero-order valence-corrected chi connectivity index (χ0v) is 21.3. The number of benzene rings is 2. The van der Waals surface area contributed by atoms with E-state index in [1.165, 1.54) is 0 Å². The minimum Gasteiger partial charge on any atom is -0.496 e. The summed E-state index contributed by atoms with van der Waals surface area (Å²) < 4.78 is 11.1. The van der Waals surface area contributed by atoms with Crippen molar-refractivity contribution in [1.82, 2.24) is 16.0 Å². The van der Waals surface area contributed by atoms with Crippen LogP contribution in [-0.2, 0) is 17.9 Å². The number of nitrogens with zero attached hydrogens (tertiary/aromatic N) is 1. The summed E-state index contributed by atoms with van der Waals surface area (Å²) >= 11 is 0. The van der Waals surface area contributed by atoms with Gasteiger partial charge in [-0.15, -0.1) is 24.0 Å². The number of rotatable bonds is 10. The molecule has 0 saturated heterocycles. The average molecular weight is 552 g/mol. The molecule has 0 unspecified atom stereocenters. The number of carbonyl (C=O) groups is 1. The summed E-state index contributed by atoms with van der Waals surface area (Å²) in [4.78, 5) is 16.5. The van der Waals surface area contributed by atoms with Crippen molar-refractivity contribution in [3.8, 4) is 11.5 Å². The van der Waals surface area contributed by atoms with Crippen LogP contribution in [0.25, 0.3) is 0 Å². The molecule has 8 heteroatoms. The predicted molar refractivity (Wildman–Crippen MR) is 138 cm³/mol. The molecule has 32 heavy (non-hydrogen) atoms. The predicted octanol–water partition coefficient (Wildman–Crippen LogP) is 3.53. The Morgan fingerprint density at radius 3 is 2.69 bits per heavy atom. The van der Waals surface area contributed by atoms with Crippen LogP contribution in [0.5, 0.6) is 11.5 Å². The number of ether oxygens (including phenoxy) is 2. The monoisotopic (exact) mass is 552 g/mol. The van der Waals surface area contributed by atoms with E-state index in [9.17, 15) is 4.79 Å². The summed E-state index contributed by atoms with van der Waals surface area (Å²) in [7, 11) is 1.68. The molecular formula is C24H33IN4O3. The fraction of sp³-hybridized carbons (Fsp3) is 0.417. The number of methoxy groups -OCH3 is 1. The number of hydrogen-bond donors (Lipinski definition) is 3. The highest BCUT2D eigenvalue weighted by Crippen LogP contribution is 2.20. The molecule has 0 spiro atoms. The van der Waals surface area contributed by atoms with Gasteiger partial charge in [0.05, 0.1) is 13.7 Å². The number of aliphatic imine (C=N–C) groups is 1. The van der Waals surface area contributed by atoms with Crippen molar-refractivity contribution >= 4 is 35.8 Å². The van der Waals surface area contributed by atoms with E-state index in [4.69, 9.17) is 9.47 Å². The van der Waals surface area contributed by atoms with Gasteiger partial charge in [0.2, 0.25) is 0 Å². The number of nitrogens with one attached hydrogen (secondary N) is 3. The van der Waals surface area contributed by atoms with Crippen LogP contribution in [-0.4, -0.2) is 38.2 Å². The summed E-state index contributed by atoms with van der Waals surface area (Å²) in [6.45, 7) is 5.97. The molecule has 0 aliphatic heterocycles. The second-order valence-electron chi connectivity index (χ2n) is 7.64. The maximum absolute atomic E-state index is 11.8. The fourth-order valence-corrected chi connectivity index (χ4v) is 3.07. The standard InChI is InChI=1S/C24H32N4O3.HI/c1-4-25-24(27-15-19-9-8-17(2)12-22(19)30-3)26-14-18-6-5-7-21(13-18)31-16-23(29)28-20-10-11-20;/h5-9,12-13,20H,4,10-11,14-16H2,1-3H3,(H,28,29)(H2,25,26,27);1H. The lowest BCUT2D eigenvalue weighted by atomic mass is 10.1. The maximum atomic E-state index is 11.8. The van der Waals surface area contributed by atoms with Crippen LogP contribution in [0.3, 0.4) is 0 Å². The minimum atomic E-state index is -0.0731. The molecule has 3 rings (SSSR count). The topological polar surface area (TPSA) is 84.0 Å². The lowest BCUT2D eigenvalue weighted by molar-refractivity contribution is -0.123. The summed E-state index contributed by atoms with van der Waals surface area (Å²) in [5.41, 5.74) is 3.23. The summed E-state index contributed by atoms with van der Waals surface area (Å²) in [5, 5.41) is 9.54. The van der Waals surface area contributed by atoms with Gasteiger partial charge >= 0.3 is 0 Å². The van der Waals surface area contributed by atoms with Crippen LogP contribution in [0.4, 0.5) is 0 Å². The normalized spacial score (nSPS) is 13.0. The molecule has 0 atom stereocenters. The van der Waals surface area contributed by atoms with E-state index >= 15 is 0 Å². The smallest absolute Gasteiger partial charge is 0.258 e. The molecule has 0 aromatic heterocycles. The SMILES string of the molecule is CCNC(=NCc1cccc(OCC(=O)NC2CC2)c1)NCc1ccc(C)cc1OC.I. The molecule has 0 bridgehead atoms. The Hall–Kier alpha value is -2.49. The summed E-state index contributed by atoms with van der Waals surface area (Å²) in [5.74, 6) is 2.18. The Bertz CT molecular complexity index is 916. The molecule has 7 nitrogen and oxygen atoms in total. The van der Waals surface area contributed by atoms with E-state index in [0.29, 0.717) is 24.9 Å². The fourth-order valence-electron chi connectivity index (χ4n) is 3.07. The van der Waals surface area contributed by atoms with Gasteiger partial charge in [-0.1, -0.05) is 24.3 Å². The Morgan fingerprint density at radius 2 is 1.97 bits per heavy atom. The van der Waals surface area contributed by atoms with Crippen molar-refractivity contribution in [3.05, 3.63) is 59.2 Å². The van der Waals surface area contributed by atoms with E-state index < -0.39 is 0 Å². The van der Waals surface area contributed by atoms with Crippen LogP contribution in [0, 0.1) is 6.92 Å². The van der Waals surface area contributed by atoms with Gasteiger partial charge in [0.15, 0.2) is 12.6 Å². The zero-order chi connectivity index (χ0) is 22.1. The van der Waals surface area contributed by atoms with Gasteiger partial charge in [-0.3, -0.25) is 4.79 Å². The Kier molecular flexibility index (Phi) is 10.6. The third kappa shape index (κ3) is 8.57. The molecule has 0 heterocycles. The second kappa shape index (κ2) is 13.1. The molecule has 0 radical (unpaired) electrons. The molecular weight excluding hydrogens is 519 g/mol. The number of guanidine groups is 1. The zero-order valence-electron chi connectivity index (χ0n) is 18.9. The van der Waals surface area contributed by atoms with Crippen LogP contribution >= 0.6 is 24.0 Å². The minimum absolute atomic E-state index is 0. The largest absolute Gasteiger partial charge is 0.496 e. The molecule has 1 amide bonds. The van der Waals surface area contributed by atoms with Crippen molar-refractivity contribution in [2.45, 2.75) is 45.8 Å². The molecule has 1 saturated carbocycles. The Labute approximate surface area is 207 Å². The molecule has 2 aromatic rings. The van der Waals surface area contributed by atoms with Crippen molar-refractivity contribution < 1.29 is 14.3 Å². The number of aryl methyl sites for hydroxylation is 1. The molecule has 3 N–H and O–H groups in total. The molecule has 1 fully saturated rings. The van der Waals surface area contributed by atoms with Crippen molar-refractivity contribution in [3.63, 3.8) is 0 Å². The van der Waals surface area contributed by atoms with Gasteiger partial charge in [0.25, 0.3) is 5.91 Å². The van der Waals surface area contributed by atoms with E-state index in [-0.39, 0.29) is 36.5 Å². The third-order valence-electron chi connectivity index (χ3n) is 4.86. The first-order valence-corrected chi connectivity index (χ1v) is 10.7. The van der Waals surface area contributed by atoms with Gasteiger partial charge in [-0.05, 0) is 56.0 Å². The molecule has 1 aliphatic rings. The highest BCUT2D eigenvalue weighted by molar-refractivity contribution is 14.0. The molecule has 2 aromatic carbocycles. The van der Waals surface area contributed by atoms with Gasteiger partial charge in [-0.2, -0.15) is 0 Å². The van der Waals surface area contributed by atoms with Crippen molar-refractivity contribution in [2.24, 2.45) is 4.99 Å². The van der Waals surface area contributed by atoms with Gasteiger partial charge in [0, 0.05) is 24.7 Å². The van der Waals surface area contributed by atoms with Gasteiger partial charge < -0.3 is 25.4 Å². The first kappa shape index (κ1) is 25.8. The number of halogens is 1. The summed E-state index contributed by atoms with van der Waals surface area (Å²) in [6, 6.07) is 14.2. The second-order valence-corrected chi connectivity index (χ2v) is 7.64. The molecule has 174 valence electrons. The molecule has 1 aliphatic carbocycles. The lowest BCUT2D eigenvalue weighted by Crippen LogP contribution is -2.36. The number of hydrogen-bond acceptors (Lipinski definition) is 4. The van der Waals surface area contributed by atoms with Gasteiger partial charge in [0.1, 0.15) is 11.5 Å².